The molecule has 1 aliphatic rings. The van der Waals surface area contributed by atoms with Gasteiger partial charge in [-0.15, -0.1) is 0 Å². The molecule has 0 spiro atoms. The summed E-state index contributed by atoms with van der Waals surface area (Å²) in [6, 6.07) is 24.2. The van der Waals surface area contributed by atoms with Crippen LogP contribution in [0.5, 0.6) is 5.75 Å². The zero-order valence-electron chi connectivity index (χ0n) is 20.5. The van der Waals surface area contributed by atoms with Gasteiger partial charge in [0, 0.05) is 29.9 Å². The number of esters is 1. The average Bonchev–Trinajstić information content (AvgIpc) is 3.32. The second kappa shape index (κ2) is 11.2. The zero-order valence-corrected chi connectivity index (χ0v) is 20.5. The Morgan fingerprint density at radius 2 is 1.65 bits per heavy atom. The Kier molecular flexibility index (Phi) is 7.37. The van der Waals surface area contributed by atoms with Crippen molar-refractivity contribution in [1.29, 1.82) is 0 Å². The minimum atomic E-state index is -1.04. The SMILES string of the molecule is CC(OC(=O)c1oc2ccccc2c1COc1ccccc1)C(=O)Nc1ccc(N2CCOCC2)cc1. The summed E-state index contributed by atoms with van der Waals surface area (Å²) in [5, 5.41) is 3.55. The molecule has 1 saturated heterocycles. The fraction of sp³-hybridized carbons (Fsp3) is 0.241. The number of ether oxygens (including phenoxy) is 3. The average molecular weight is 501 g/mol. The number of hydrogen-bond acceptors (Lipinski definition) is 7. The van der Waals surface area contributed by atoms with E-state index >= 15 is 0 Å². The number of benzene rings is 3. The smallest absolute Gasteiger partial charge is 0.375 e. The predicted molar refractivity (Wildman–Crippen MR) is 140 cm³/mol. The van der Waals surface area contributed by atoms with Crippen molar-refractivity contribution in [1.82, 2.24) is 0 Å². The molecule has 5 rings (SSSR count). The van der Waals surface area contributed by atoms with E-state index in [1.54, 1.807) is 6.07 Å². The molecule has 1 N–H and O–H groups in total. The highest BCUT2D eigenvalue weighted by atomic mass is 16.6. The number of nitrogens with one attached hydrogen (secondary N) is 1. The predicted octanol–water partition coefficient (Wildman–Crippen LogP) is 5.03. The third-order valence-electron chi connectivity index (χ3n) is 6.17. The van der Waals surface area contributed by atoms with E-state index in [2.05, 4.69) is 10.2 Å². The number of carbonyl (C=O) groups excluding carboxylic acids is 2. The Morgan fingerprint density at radius 1 is 0.946 bits per heavy atom. The molecule has 190 valence electrons. The van der Waals surface area contributed by atoms with Crippen molar-refractivity contribution in [3.8, 4) is 5.75 Å². The summed E-state index contributed by atoms with van der Waals surface area (Å²) in [5.74, 6) is -0.482. The van der Waals surface area contributed by atoms with Gasteiger partial charge in [0.1, 0.15) is 17.9 Å². The van der Waals surface area contributed by atoms with Crippen LogP contribution >= 0.6 is 0 Å². The van der Waals surface area contributed by atoms with Gasteiger partial charge in [-0.3, -0.25) is 4.79 Å². The highest BCUT2D eigenvalue weighted by Gasteiger charge is 2.26. The second-order valence-corrected chi connectivity index (χ2v) is 8.69. The van der Waals surface area contributed by atoms with E-state index in [-0.39, 0.29) is 12.4 Å². The monoisotopic (exact) mass is 500 g/mol. The maximum Gasteiger partial charge on any atom is 0.375 e. The van der Waals surface area contributed by atoms with Gasteiger partial charge in [-0.25, -0.2) is 4.79 Å². The highest BCUT2D eigenvalue weighted by Crippen LogP contribution is 2.28. The molecule has 1 aliphatic heterocycles. The lowest BCUT2D eigenvalue weighted by molar-refractivity contribution is -0.123. The maximum atomic E-state index is 13.1. The molecule has 0 aliphatic carbocycles. The van der Waals surface area contributed by atoms with Gasteiger partial charge in [0.05, 0.1) is 18.8 Å². The van der Waals surface area contributed by atoms with Crippen LogP contribution in [-0.4, -0.2) is 44.3 Å². The first-order valence-corrected chi connectivity index (χ1v) is 12.2. The first-order chi connectivity index (χ1) is 18.1. The molecule has 8 nitrogen and oxygen atoms in total. The van der Waals surface area contributed by atoms with E-state index in [1.165, 1.54) is 6.92 Å². The van der Waals surface area contributed by atoms with Gasteiger partial charge < -0.3 is 28.8 Å². The molecular weight excluding hydrogens is 472 g/mol. The Morgan fingerprint density at radius 3 is 2.41 bits per heavy atom. The Hall–Kier alpha value is -4.30. The molecule has 1 atom stereocenters. The van der Waals surface area contributed by atoms with Gasteiger partial charge >= 0.3 is 5.97 Å². The van der Waals surface area contributed by atoms with Crippen molar-refractivity contribution in [3.05, 3.63) is 90.2 Å². The quantitative estimate of drug-likeness (QED) is 0.339. The lowest BCUT2D eigenvalue weighted by atomic mass is 10.1. The lowest BCUT2D eigenvalue weighted by Gasteiger charge is -2.28. The van der Waals surface area contributed by atoms with Crippen LogP contribution in [0.3, 0.4) is 0 Å². The van der Waals surface area contributed by atoms with Crippen LogP contribution in [0.4, 0.5) is 11.4 Å². The normalized spacial score (nSPS) is 14.2. The van der Waals surface area contributed by atoms with E-state index < -0.39 is 18.0 Å². The summed E-state index contributed by atoms with van der Waals surface area (Å²) in [5.41, 5.74) is 2.79. The van der Waals surface area contributed by atoms with Gasteiger partial charge in [-0.1, -0.05) is 36.4 Å². The van der Waals surface area contributed by atoms with Crippen LogP contribution in [0.2, 0.25) is 0 Å². The van der Waals surface area contributed by atoms with Crippen molar-refractivity contribution < 1.29 is 28.2 Å². The van der Waals surface area contributed by atoms with Crippen LogP contribution in [0.1, 0.15) is 23.0 Å². The number of fused-ring (bicyclic) bond motifs is 1. The van der Waals surface area contributed by atoms with Crippen molar-refractivity contribution in [3.63, 3.8) is 0 Å². The zero-order chi connectivity index (χ0) is 25.6. The van der Waals surface area contributed by atoms with Crippen molar-refractivity contribution in [2.24, 2.45) is 0 Å². The summed E-state index contributed by atoms with van der Waals surface area (Å²) in [6.07, 6.45) is -1.04. The Labute approximate surface area is 214 Å². The summed E-state index contributed by atoms with van der Waals surface area (Å²) < 4.78 is 22.6. The third kappa shape index (κ3) is 5.76. The number of nitrogens with zero attached hydrogens (tertiary/aromatic N) is 1. The summed E-state index contributed by atoms with van der Waals surface area (Å²) in [4.78, 5) is 28.1. The number of rotatable bonds is 8. The summed E-state index contributed by atoms with van der Waals surface area (Å²) >= 11 is 0. The number of morpholine rings is 1. The van der Waals surface area contributed by atoms with E-state index in [0.717, 1.165) is 24.2 Å². The molecule has 8 heteroatoms. The molecule has 37 heavy (non-hydrogen) atoms. The fourth-order valence-electron chi connectivity index (χ4n) is 4.17. The maximum absolute atomic E-state index is 13.1. The molecule has 0 radical (unpaired) electrons. The summed E-state index contributed by atoms with van der Waals surface area (Å²) in [6.45, 7) is 4.71. The molecule has 1 fully saturated rings. The third-order valence-corrected chi connectivity index (χ3v) is 6.17. The molecule has 1 unspecified atom stereocenters. The van der Waals surface area contributed by atoms with E-state index in [1.807, 2.05) is 72.8 Å². The molecule has 4 aromatic rings. The number of amides is 1. The van der Waals surface area contributed by atoms with Crippen LogP contribution in [0.25, 0.3) is 11.0 Å². The first kappa shape index (κ1) is 24.4. The largest absolute Gasteiger partial charge is 0.489 e. The standard InChI is InChI=1S/C29H28N2O6/c1-20(28(32)30-21-11-13-22(14-12-21)31-15-17-34-18-16-31)36-29(33)27-25(19-35-23-7-3-2-4-8-23)24-9-5-6-10-26(24)37-27/h2-14,20H,15-19H2,1H3,(H,30,32). The number of para-hydroxylation sites is 2. The van der Waals surface area contributed by atoms with Crippen molar-refractivity contribution >= 4 is 34.2 Å². The van der Waals surface area contributed by atoms with Gasteiger partial charge in [0.2, 0.25) is 5.76 Å². The summed E-state index contributed by atoms with van der Waals surface area (Å²) in [7, 11) is 0. The van der Waals surface area contributed by atoms with Crippen LogP contribution < -0.4 is 15.0 Å². The number of carbonyl (C=O) groups is 2. The molecule has 1 aromatic heterocycles. The van der Waals surface area contributed by atoms with Gasteiger partial charge in [0.15, 0.2) is 6.10 Å². The Bertz CT molecular complexity index is 1360. The van der Waals surface area contributed by atoms with Crippen LogP contribution in [0, 0.1) is 0 Å². The highest BCUT2D eigenvalue weighted by molar-refractivity contribution is 5.99. The minimum absolute atomic E-state index is 0.0200. The van der Waals surface area contributed by atoms with Crippen molar-refractivity contribution in [2.75, 3.05) is 36.5 Å². The number of hydrogen-bond donors (Lipinski definition) is 1. The van der Waals surface area contributed by atoms with Gasteiger partial charge in [-0.2, -0.15) is 0 Å². The van der Waals surface area contributed by atoms with E-state index in [9.17, 15) is 9.59 Å². The van der Waals surface area contributed by atoms with Gasteiger partial charge in [-0.05, 0) is 49.4 Å². The fourth-order valence-corrected chi connectivity index (χ4v) is 4.17. The first-order valence-electron chi connectivity index (χ1n) is 12.2. The van der Waals surface area contributed by atoms with E-state index in [0.29, 0.717) is 35.8 Å². The lowest BCUT2D eigenvalue weighted by Crippen LogP contribution is -2.36. The number of anilines is 2. The Balaban J connectivity index is 1.25. The molecule has 1 amide bonds. The molecule has 0 saturated carbocycles. The van der Waals surface area contributed by atoms with Crippen molar-refractivity contribution in [2.45, 2.75) is 19.6 Å². The second-order valence-electron chi connectivity index (χ2n) is 8.69. The molecular formula is C29H28N2O6. The minimum Gasteiger partial charge on any atom is -0.489 e. The molecule has 3 aromatic carbocycles. The number of furan rings is 1. The van der Waals surface area contributed by atoms with E-state index in [4.69, 9.17) is 18.6 Å². The molecule has 0 bridgehead atoms. The van der Waals surface area contributed by atoms with Crippen LogP contribution in [-0.2, 0) is 20.9 Å². The van der Waals surface area contributed by atoms with Gasteiger partial charge in [0.25, 0.3) is 5.91 Å². The van der Waals surface area contributed by atoms with Crippen LogP contribution in [0.15, 0.2) is 83.3 Å². The molecule has 2 heterocycles. The topological polar surface area (TPSA) is 90.2 Å².